The first-order valence-corrected chi connectivity index (χ1v) is 7.31. The normalized spacial score (nSPS) is 10.6. The van der Waals surface area contributed by atoms with E-state index < -0.39 is 0 Å². The van der Waals surface area contributed by atoms with Crippen LogP contribution in [0.15, 0.2) is 0 Å². The van der Waals surface area contributed by atoms with Gasteiger partial charge in [-0.3, -0.25) is 4.79 Å². The zero-order valence-corrected chi connectivity index (χ0v) is 12.4. The van der Waals surface area contributed by atoms with Crippen LogP contribution in [-0.4, -0.2) is 52.1 Å². The molecule has 0 unspecified atom stereocenters. The van der Waals surface area contributed by atoms with Crippen molar-refractivity contribution in [3.05, 3.63) is 0 Å². The maximum Gasteiger partial charge on any atom is 0.245 e. The molecule has 0 spiro atoms. The summed E-state index contributed by atoms with van der Waals surface area (Å²) in [6.45, 7) is 8.00. The minimum atomic E-state index is -0.0589. The Kier molecular flexibility index (Phi) is 14.9. The summed E-state index contributed by atoms with van der Waals surface area (Å²) in [5.74, 6) is -0.0589. The van der Waals surface area contributed by atoms with Gasteiger partial charge in [0.15, 0.2) is 0 Å². The van der Waals surface area contributed by atoms with Crippen molar-refractivity contribution >= 4 is 5.91 Å². The SMILES string of the molecule is CCCCNC(=O)COCCOCCOCCCC. The molecular formula is C14H29NO4. The highest BCUT2D eigenvalue weighted by atomic mass is 16.5. The van der Waals surface area contributed by atoms with Crippen LogP contribution >= 0.6 is 0 Å². The Labute approximate surface area is 117 Å². The van der Waals surface area contributed by atoms with Gasteiger partial charge in [-0.15, -0.1) is 0 Å². The monoisotopic (exact) mass is 275 g/mol. The lowest BCUT2D eigenvalue weighted by Gasteiger charge is -2.07. The summed E-state index contributed by atoms with van der Waals surface area (Å²) >= 11 is 0. The number of carbonyl (C=O) groups excluding carboxylic acids is 1. The number of rotatable bonds is 14. The maximum atomic E-state index is 11.3. The van der Waals surface area contributed by atoms with Crippen LogP contribution in [0.5, 0.6) is 0 Å². The van der Waals surface area contributed by atoms with E-state index in [9.17, 15) is 4.79 Å². The standard InChI is InChI=1S/C14H29NO4/c1-3-5-7-15-14(16)13-19-12-11-18-10-9-17-8-6-4-2/h3-13H2,1-2H3,(H,15,16). The smallest absolute Gasteiger partial charge is 0.245 e. The molecule has 0 aromatic carbocycles. The average Bonchev–Trinajstić information content (AvgIpc) is 2.41. The molecule has 0 bridgehead atoms. The third-order valence-corrected chi connectivity index (χ3v) is 2.47. The fourth-order valence-electron chi connectivity index (χ4n) is 1.31. The first-order valence-electron chi connectivity index (χ1n) is 7.31. The van der Waals surface area contributed by atoms with E-state index in [2.05, 4.69) is 19.2 Å². The summed E-state index contributed by atoms with van der Waals surface area (Å²) in [5.41, 5.74) is 0. The van der Waals surface area contributed by atoms with Gasteiger partial charge in [0.1, 0.15) is 6.61 Å². The van der Waals surface area contributed by atoms with Crippen molar-refractivity contribution in [3.63, 3.8) is 0 Å². The molecule has 0 rings (SSSR count). The molecule has 1 N–H and O–H groups in total. The molecular weight excluding hydrogens is 246 g/mol. The van der Waals surface area contributed by atoms with Crippen molar-refractivity contribution in [1.82, 2.24) is 5.32 Å². The molecule has 0 atom stereocenters. The number of hydrogen-bond acceptors (Lipinski definition) is 4. The number of nitrogens with one attached hydrogen (secondary N) is 1. The van der Waals surface area contributed by atoms with Crippen molar-refractivity contribution in [3.8, 4) is 0 Å². The highest BCUT2D eigenvalue weighted by Crippen LogP contribution is 1.88. The van der Waals surface area contributed by atoms with E-state index in [1.165, 1.54) is 0 Å². The first kappa shape index (κ1) is 18.4. The van der Waals surface area contributed by atoms with Gasteiger partial charge in [-0.25, -0.2) is 0 Å². The number of hydrogen-bond donors (Lipinski definition) is 1. The second-order valence-electron chi connectivity index (χ2n) is 4.33. The molecule has 0 radical (unpaired) electrons. The Morgan fingerprint density at radius 2 is 1.42 bits per heavy atom. The van der Waals surface area contributed by atoms with Crippen LogP contribution in [0.25, 0.3) is 0 Å². The first-order chi connectivity index (χ1) is 9.31. The third-order valence-electron chi connectivity index (χ3n) is 2.47. The van der Waals surface area contributed by atoms with E-state index in [0.717, 1.165) is 38.8 Å². The van der Waals surface area contributed by atoms with Crippen LogP contribution in [0, 0.1) is 0 Å². The molecule has 0 aliphatic carbocycles. The van der Waals surface area contributed by atoms with Crippen molar-refractivity contribution in [2.45, 2.75) is 39.5 Å². The Balaban J connectivity index is 3.07. The number of unbranched alkanes of at least 4 members (excludes halogenated alkanes) is 2. The van der Waals surface area contributed by atoms with E-state index >= 15 is 0 Å². The van der Waals surface area contributed by atoms with E-state index in [4.69, 9.17) is 14.2 Å². The Morgan fingerprint density at radius 1 is 0.842 bits per heavy atom. The highest BCUT2D eigenvalue weighted by Gasteiger charge is 1.99. The molecule has 114 valence electrons. The predicted molar refractivity (Wildman–Crippen MR) is 75.3 cm³/mol. The van der Waals surface area contributed by atoms with E-state index in [0.29, 0.717) is 26.4 Å². The van der Waals surface area contributed by atoms with Gasteiger partial charge in [-0.1, -0.05) is 26.7 Å². The van der Waals surface area contributed by atoms with Crippen molar-refractivity contribution in [2.75, 3.05) is 46.2 Å². The van der Waals surface area contributed by atoms with Gasteiger partial charge in [-0.05, 0) is 12.8 Å². The number of carbonyl (C=O) groups is 1. The zero-order valence-electron chi connectivity index (χ0n) is 12.4. The van der Waals surface area contributed by atoms with Gasteiger partial charge in [-0.2, -0.15) is 0 Å². The largest absolute Gasteiger partial charge is 0.379 e. The summed E-state index contributed by atoms with van der Waals surface area (Å²) in [7, 11) is 0. The third kappa shape index (κ3) is 15.3. The fourth-order valence-corrected chi connectivity index (χ4v) is 1.31. The van der Waals surface area contributed by atoms with Crippen molar-refractivity contribution in [2.24, 2.45) is 0 Å². The molecule has 0 aromatic rings. The van der Waals surface area contributed by atoms with Gasteiger partial charge in [0.2, 0.25) is 5.91 Å². The van der Waals surface area contributed by atoms with Crippen LogP contribution in [0.1, 0.15) is 39.5 Å². The quantitative estimate of drug-likeness (QED) is 0.491. The van der Waals surface area contributed by atoms with E-state index in [1.807, 2.05) is 0 Å². The summed E-state index contributed by atoms with van der Waals surface area (Å²) < 4.78 is 15.8. The maximum absolute atomic E-state index is 11.3. The van der Waals surface area contributed by atoms with Crippen LogP contribution in [-0.2, 0) is 19.0 Å². The molecule has 0 saturated carbocycles. The van der Waals surface area contributed by atoms with Gasteiger partial charge in [0, 0.05) is 13.2 Å². The second-order valence-corrected chi connectivity index (χ2v) is 4.33. The molecule has 0 aromatic heterocycles. The molecule has 0 aliphatic heterocycles. The summed E-state index contributed by atoms with van der Waals surface area (Å²) in [5, 5.41) is 2.79. The zero-order chi connectivity index (χ0) is 14.2. The van der Waals surface area contributed by atoms with Gasteiger partial charge >= 0.3 is 0 Å². The van der Waals surface area contributed by atoms with Crippen LogP contribution in [0.3, 0.4) is 0 Å². The molecule has 0 heterocycles. The van der Waals surface area contributed by atoms with Crippen LogP contribution in [0.2, 0.25) is 0 Å². The molecule has 5 nitrogen and oxygen atoms in total. The number of ether oxygens (including phenoxy) is 3. The lowest BCUT2D eigenvalue weighted by Crippen LogP contribution is -2.29. The van der Waals surface area contributed by atoms with Crippen LogP contribution in [0.4, 0.5) is 0 Å². The fraction of sp³-hybridized carbons (Fsp3) is 0.929. The predicted octanol–water partition coefficient (Wildman–Crippen LogP) is 1.75. The Hall–Kier alpha value is -0.650. The average molecular weight is 275 g/mol. The molecule has 0 fully saturated rings. The summed E-state index contributed by atoms with van der Waals surface area (Å²) in [4.78, 5) is 11.3. The molecule has 0 aliphatic rings. The summed E-state index contributed by atoms with van der Waals surface area (Å²) in [6.07, 6.45) is 4.33. The lowest BCUT2D eigenvalue weighted by molar-refractivity contribution is -0.126. The van der Waals surface area contributed by atoms with Crippen molar-refractivity contribution in [1.29, 1.82) is 0 Å². The summed E-state index contributed by atoms with van der Waals surface area (Å²) in [6, 6.07) is 0. The molecule has 19 heavy (non-hydrogen) atoms. The Bertz CT molecular complexity index is 200. The molecule has 0 saturated heterocycles. The Morgan fingerprint density at radius 3 is 2.05 bits per heavy atom. The molecule has 1 amide bonds. The lowest BCUT2D eigenvalue weighted by atomic mass is 10.3. The van der Waals surface area contributed by atoms with E-state index in [-0.39, 0.29) is 12.5 Å². The second kappa shape index (κ2) is 15.4. The molecule has 5 heteroatoms. The highest BCUT2D eigenvalue weighted by molar-refractivity contribution is 5.77. The van der Waals surface area contributed by atoms with Crippen molar-refractivity contribution < 1.29 is 19.0 Å². The van der Waals surface area contributed by atoms with E-state index in [1.54, 1.807) is 0 Å². The van der Waals surface area contributed by atoms with Gasteiger partial charge < -0.3 is 19.5 Å². The topological polar surface area (TPSA) is 56.8 Å². The minimum absolute atomic E-state index is 0.0589. The minimum Gasteiger partial charge on any atom is -0.379 e. The van der Waals surface area contributed by atoms with Gasteiger partial charge in [0.05, 0.1) is 26.4 Å². The van der Waals surface area contributed by atoms with Crippen LogP contribution < -0.4 is 5.32 Å². The van der Waals surface area contributed by atoms with Gasteiger partial charge in [0.25, 0.3) is 0 Å². The number of amides is 1.